The molecular formula is C15H22N2O2. The fraction of sp³-hybridized carbons (Fsp3) is 0.600. The SMILES string of the molecule is Cc1cccnc1CC(=O)NC1CCCCC1CO. The third-order valence-electron chi connectivity index (χ3n) is 3.94. The van der Waals surface area contributed by atoms with Crippen LogP contribution in [0.4, 0.5) is 0 Å². The number of nitrogens with zero attached hydrogens (tertiary/aromatic N) is 1. The second-order valence-corrected chi connectivity index (χ2v) is 5.34. The van der Waals surface area contributed by atoms with Crippen LogP contribution < -0.4 is 5.32 Å². The monoisotopic (exact) mass is 262 g/mol. The summed E-state index contributed by atoms with van der Waals surface area (Å²) in [6.07, 6.45) is 6.29. The van der Waals surface area contributed by atoms with Crippen LogP contribution in [0.15, 0.2) is 18.3 Å². The van der Waals surface area contributed by atoms with E-state index in [0.29, 0.717) is 6.42 Å². The van der Waals surface area contributed by atoms with E-state index in [1.165, 1.54) is 0 Å². The first-order valence-corrected chi connectivity index (χ1v) is 7.01. The second kappa shape index (κ2) is 6.66. The van der Waals surface area contributed by atoms with Gasteiger partial charge >= 0.3 is 0 Å². The molecule has 2 rings (SSSR count). The number of aryl methyl sites for hydroxylation is 1. The molecule has 19 heavy (non-hydrogen) atoms. The predicted octanol–water partition coefficient (Wildman–Crippen LogP) is 1.60. The maximum Gasteiger partial charge on any atom is 0.226 e. The molecule has 2 atom stereocenters. The number of aliphatic hydroxyl groups is 1. The maximum atomic E-state index is 12.1. The number of amides is 1. The van der Waals surface area contributed by atoms with Crippen molar-refractivity contribution < 1.29 is 9.90 Å². The van der Waals surface area contributed by atoms with Gasteiger partial charge in [0.15, 0.2) is 0 Å². The number of hydrogen-bond acceptors (Lipinski definition) is 3. The number of aromatic nitrogens is 1. The summed E-state index contributed by atoms with van der Waals surface area (Å²) in [6.45, 7) is 2.13. The Kier molecular flexibility index (Phi) is 4.91. The van der Waals surface area contributed by atoms with Gasteiger partial charge in [-0.3, -0.25) is 9.78 Å². The van der Waals surface area contributed by atoms with Crippen molar-refractivity contribution in [3.05, 3.63) is 29.6 Å². The summed E-state index contributed by atoms with van der Waals surface area (Å²) >= 11 is 0. The average Bonchev–Trinajstić information content (AvgIpc) is 2.42. The van der Waals surface area contributed by atoms with Crippen LogP contribution in [0.25, 0.3) is 0 Å². The Balaban J connectivity index is 1.92. The van der Waals surface area contributed by atoms with Gasteiger partial charge in [-0.15, -0.1) is 0 Å². The molecule has 0 spiro atoms. The molecule has 1 saturated carbocycles. The van der Waals surface area contributed by atoms with Crippen LogP contribution in [0.2, 0.25) is 0 Å². The van der Waals surface area contributed by atoms with E-state index < -0.39 is 0 Å². The summed E-state index contributed by atoms with van der Waals surface area (Å²) in [5.41, 5.74) is 1.87. The van der Waals surface area contributed by atoms with Crippen molar-refractivity contribution >= 4 is 5.91 Å². The molecule has 1 heterocycles. The number of pyridine rings is 1. The third-order valence-corrected chi connectivity index (χ3v) is 3.94. The Morgan fingerprint density at radius 3 is 3.00 bits per heavy atom. The van der Waals surface area contributed by atoms with Crippen molar-refractivity contribution in [3.8, 4) is 0 Å². The molecule has 1 aliphatic carbocycles. The van der Waals surface area contributed by atoms with Crippen molar-refractivity contribution in [1.82, 2.24) is 10.3 Å². The van der Waals surface area contributed by atoms with Crippen LogP contribution in [0, 0.1) is 12.8 Å². The first-order valence-electron chi connectivity index (χ1n) is 7.01. The van der Waals surface area contributed by atoms with Crippen molar-refractivity contribution in [3.63, 3.8) is 0 Å². The molecule has 104 valence electrons. The maximum absolute atomic E-state index is 12.1. The zero-order valence-electron chi connectivity index (χ0n) is 11.4. The number of nitrogens with one attached hydrogen (secondary N) is 1. The second-order valence-electron chi connectivity index (χ2n) is 5.34. The van der Waals surface area contributed by atoms with E-state index in [2.05, 4.69) is 10.3 Å². The lowest BCUT2D eigenvalue weighted by Gasteiger charge is -2.30. The van der Waals surface area contributed by atoms with Gasteiger partial charge in [0.25, 0.3) is 0 Å². The molecule has 0 saturated heterocycles. The molecule has 0 aliphatic heterocycles. The van der Waals surface area contributed by atoms with E-state index in [-0.39, 0.29) is 24.5 Å². The lowest BCUT2D eigenvalue weighted by Crippen LogP contribution is -2.44. The average molecular weight is 262 g/mol. The molecule has 2 unspecified atom stereocenters. The Morgan fingerprint density at radius 1 is 1.47 bits per heavy atom. The van der Waals surface area contributed by atoms with Gasteiger partial charge in [0.2, 0.25) is 5.91 Å². The quantitative estimate of drug-likeness (QED) is 0.866. The summed E-state index contributed by atoms with van der Waals surface area (Å²) in [6, 6.07) is 3.96. The molecule has 1 amide bonds. The van der Waals surface area contributed by atoms with E-state index in [1.807, 2.05) is 19.1 Å². The minimum atomic E-state index is 0.00662. The molecule has 0 radical (unpaired) electrons. The van der Waals surface area contributed by atoms with Crippen molar-refractivity contribution in [2.75, 3.05) is 6.61 Å². The van der Waals surface area contributed by atoms with Crippen molar-refractivity contribution in [2.45, 2.75) is 45.1 Å². The van der Waals surface area contributed by atoms with Crippen LogP contribution in [-0.2, 0) is 11.2 Å². The van der Waals surface area contributed by atoms with E-state index >= 15 is 0 Å². The minimum Gasteiger partial charge on any atom is -0.396 e. The lowest BCUT2D eigenvalue weighted by molar-refractivity contribution is -0.121. The highest BCUT2D eigenvalue weighted by Crippen LogP contribution is 2.24. The molecule has 4 heteroatoms. The van der Waals surface area contributed by atoms with Gasteiger partial charge in [-0.05, 0) is 31.4 Å². The van der Waals surface area contributed by atoms with E-state index in [0.717, 1.165) is 36.9 Å². The number of hydrogen-bond donors (Lipinski definition) is 2. The molecule has 4 nitrogen and oxygen atoms in total. The number of carbonyl (C=O) groups is 1. The molecule has 2 N–H and O–H groups in total. The van der Waals surface area contributed by atoms with Gasteiger partial charge in [0.1, 0.15) is 0 Å². The minimum absolute atomic E-state index is 0.00662. The number of aliphatic hydroxyl groups excluding tert-OH is 1. The summed E-state index contributed by atoms with van der Waals surface area (Å²) in [5.74, 6) is 0.217. The molecule has 0 bridgehead atoms. The van der Waals surface area contributed by atoms with Crippen molar-refractivity contribution in [1.29, 1.82) is 0 Å². The third kappa shape index (κ3) is 3.77. The zero-order valence-corrected chi connectivity index (χ0v) is 11.4. The van der Waals surface area contributed by atoms with Crippen molar-refractivity contribution in [2.24, 2.45) is 5.92 Å². The first kappa shape index (κ1) is 14.0. The van der Waals surface area contributed by atoms with Crippen LogP contribution in [-0.4, -0.2) is 28.6 Å². The highest BCUT2D eigenvalue weighted by molar-refractivity contribution is 5.78. The number of rotatable bonds is 4. The molecule has 0 aromatic carbocycles. The van der Waals surface area contributed by atoms with Crippen LogP contribution in [0.1, 0.15) is 36.9 Å². The molecule has 1 aromatic heterocycles. The lowest BCUT2D eigenvalue weighted by atomic mass is 9.85. The Hall–Kier alpha value is -1.42. The standard InChI is InChI=1S/C15H22N2O2/c1-11-5-4-8-16-14(11)9-15(19)17-13-7-3-2-6-12(13)10-18/h4-5,8,12-13,18H,2-3,6-7,9-10H2,1H3,(H,17,19). The van der Waals surface area contributed by atoms with Gasteiger partial charge in [-0.2, -0.15) is 0 Å². The Morgan fingerprint density at radius 2 is 2.26 bits per heavy atom. The van der Waals surface area contributed by atoms with E-state index in [4.69, 9.17) is 0 Å². The Bertz CT molecular complexity index is 434. The van der Waals surface area contributed by atoms with Gasteiger partial charge < -0.3 is 10.4 Å². The molecule has 1 aliphatic rings. The largest absolute Gasteiger partial charge is 0.396 e. The summed E-state index contributed by atoms with van der Waals surface area (Å²) < 4.78 is 0. The van der Waals surface area contributed by atoms with E-state index in [1.54, 1.807) is 6.20 Å². The smallest absolute Gasteiger partial charge is 0.226 e. The number of carbonyl (C=O) groups excluding carboxylic acids is 1. The molecule has 1 aromatic rings. The highest BCUT2D eigenvalue weighted by atomic mass is 16.3. The Labute approximate surface area is 114 Å². The van der Waals surface area contributed by atoms with Gasteiger partial charge in [0, 0.05) is 24.8 Å². The van der Waals surface area contributed by atoms with Crippen LogP contribution in [0.5, 0.6) is 0 Å². The van der Waals surface area contributed by atoms with Gasteiger partial charge in [-0.1, -0.05) is 18.9 Å². The van der Waals surface area contributed by atoms with Gasteiger partial charge in [-0.25, -0.2) is 0 Å². The van der Waals surface area contributed by atoms with E-state index in [9.17, 15) is 9.90 Å². The highest BCUT2D eigenvalue weighted by Gasteiger charge is 2.25. The zero-order chi connectivity index (χ0) is 13.7. The molecule has 1 fully saturated rings. The normalized spacial score (nSPS) is 23.1. The first-order chi connectivity index (χ1) is 9.20. The summed E-state index contributed by atoms with van der Waals surface area (Å²) in [5, 5.41) is 12.4. The summed E-state index contributed by atoms with van der Waals surface area (Å²) in [7, 11) is 0. The van der Waals surface area contributed by atoms with Gasteiger partial charge in [0.05, 0.1) is 12.1 Å². The van der Waals surface area contributed by atoms with Crippen LogP contribution in [0.3, 0.4) is 0 Å². The fourth-order valence-electron chi connectivity index (χ4n) is 2.73. The molecular weight excluding hydrogens is 240 g/mol. The predicted molar refractivity (Wildman–Crippen MR) is 73.7 cm³/mol. The topological polar surface area (TPSA) is 62.2 Å². The summed E-state index contributed by atoms with van der Waals surface area (Å²) in [4.78, 5) is 16.3. The van der Waals surface area contributed by atoms with Crippen LogP contribution >= 0.6 is 0 Å². The fourth-order valence-corrected chi connectivity index (χ4v) is 2.73.